The summed E-state index contributed by atoms with van der Waals surface area (Å²) in [5, 5.41) is 9.40. The number of amides is 2. The molecular weight excluding hydrogens is 452 g/mol. The Morgan fingerprint density at radius 2 is 1.79 bits per heavy atom. The molecule has 3 heterocycles. The first-order valence-electron chi connectivity index (χ1n) is 10.8. The maximum atomic E-state index is 12.4. The molecule has 1 aromatic carbocycles. The average Bonchev–Trinajstić information content (AvgIpc) is 3.56. The number of nitrogens with zero attached hydrogens (tertiary/aromatic N) is 4. The van der Waals surface area contributed by atoms with E-state index in [-0.39, 0.29) is 17.4 Å². The highest BCUT2D eigenvalue weighted by Crippen LogP contribution is 2.32. The number of para-hydroxylation sites is 1. The van der Waals surface area contributed by atoms with Gasteiger partial charge in [0.05, 0.1) is 17.7 Å². The van der Waals surface area contributed by atoms with E-state index in [2.05, 4.69) is 58.1 Å². The molecule has 3 aromatic heterocycles. The van der Waals surface area contributed by atoms with Gasteiger partial charge in [0, 0.05) is 18.0 Å². The van der Waals surface area contributed by atoms with E-state index in [1.807, 2.05) is 16.7 Å². The number of nitrogens with one attached hydrogen (secondary N) is 2. The van der Waals surface area contributed by atoms with Gasteiger partial charge in [0.15, 0.2) is 16.7 Å². The predicted molar refractivity (Wildman–Crippen MR) is 128 cm³/mol. The Kier molecular flexibility index (Phi) is 7.38. The number of aromatic nitrogens is 4. The highest BCUT2D eigenvalue weighted by Gasteiger charge is 2.21. The van der Waals surface area contributed by atoms with Crippen LogP contribution in [0.4, 0.5) is 0 Å². The zero-order valence-corrected chi connectivity index (χ0v) is 19.6. The molecule has 0 atom stereocenters. The van der Waals surface area contributed by atoms with E-state index in [0.29, 0.717) is 11.0 Å². The molecule has 174 valence electrons. The van der Waals surface area contributed by atoms with E-state index in [1.165, 1.54) is 24.1 Å². The summed E-state index contributed by atoms with van der Waals surface area (Å²) in [5.74, 6) is -0.133. The minimum atomic E-state index is -0.533. The van der Waals surface area contributed by atoms with Crippen LogP contribution in [0.2, 0.25) is 0 Å². The first kappa shape index (κ1) is 23.2. The van der Waals surface area contributed by atoms with E-state index in [9.17, 15) is 9.59 Å². The first-order valence-corrected chi connectivity index (χ1v) is 11.8. The Morgan fingerprint density at radius 3 is 2.44 bits per heavy atom. The highest BCUT2D eigenvalue weighted by molar-refractivity contribution is 7.99. The molecule has 0 unspecified atom stereocenters. The third-order valence-corrected chi connectivity index (χ3v) is 6.06. The van der Waals surface area contributed by atoms with Crippen molar-refractivity contribution in [1.29, 1.82) is 0 Å². The van der Waals surface area contributed by atoms with Gasteiger partial charge >= 0.3 is 5.91 Å². The van der Waals surface area contributed by atoms with Crippen LogP contribution in [0.25, 0.3) is 17.1 Å². The first-order chi connectivity index (χ1) is 16.6. The summed E-state index contributed by atoms with van der Waals surface area (Å²) < 4.78 is 7.01. The molecule has 4 aromatic rings. The van der Waals surface area contributed by atoms with Crippen molar-refractivity contribution in [2.24, 2.45) is 0 Å². The van der Waals surface area contributed by atoms with Crippen molar-refractivity contribution in [2.45, 2.75) is 31.8 Å². The molecule has 0 aliphatic carbocycles. The molecule has 4 rings (SSSR count). The number of aryl methyl sites for hydroxylation is 2. The molecule has 9 nitrogen and oxygen atoms in total. The van der Waals surface area contributed by atoms with Gasteiger partial charge in [0.25, 0.3) is 0 Å². The van der Waals surface area contributed by atoms with Crippen LogP contribution in [0.15, 0.2) is 70.7 Å². The second kappa shape index (κ2) is 10.8. The Balaban J connectivity index is 1.61. The zero-order valence-electron chi connectivity index (χ0n) is 18.8. The minimum absolute atomic E-state index is 0.0271. The number of rotatable bonds is 8. The molecule has 0 aliphatic heterocycles. The van der Waals surface area contributed by atoms with Crippen molar-refractivity contribution in [1.82, 2.24) is 30.6 Å². The third-order valence-electron chi connectivity index (χ3n) is 5.13. The van der Waals surface area contributed by atoms with Gasteiger partial charge in [-0.3, -0.25) is 30.0 Å². The van der Waals surface area contributed by atoms with Crippen molar-refractivity contribution >= 4 is 23.6 Å². The molecule has 10 heteroatoms. The van der Waals surface area contributed by atoms with E-state index in [0.717, 1.165) is 35.2 Å². The number of benzene rings is 1. The number of thioether (sulfide) groups is 1. The minimum Gasteiger partial charge on any atom is -0.459 e. The smallest absolute Gasteiger partial charge is 0.305 e. The van der Waals surface area contributed by atoms with Crippen LogP contribution in [0.1, 0.15) is 35.5 Å². The summed E-state index contributed by atoms with van der Waals surface area (Å²) in [5.41, 5.74) is 8.89. The SMILES string of the molecule is CCc1cccc(CC)c1-n1c(SCC(=O)NNC(=O)c2ccco2)nnc1-c1cccnc1. The fourth-order valence-corrected chi connectivity index (χ4v) is 4.25. The van der Waals surface area contributed by atoms with Crippen LogP contribution in [0.5, 0.6) is 0 Å². The lowest BCUT2D eigenvalue weighted by Crippen LogP contribution is -2.42. The molecule has 0 bridgehead atoms. The zero-order chi connectivity index (χ0) is 23.9. The lowest BCUT2D eigenvalue weighted by Gasteiger charge is -2.17. The topological polar surface area (TPSA) is 115 Å². The lowest BCUT2D eigenvalue weighted by atomic mass is 10.0. The standard InChI is InChI=1S/C24H24N6O3S/c1-3-16-8-5-9-17(4-2)21(16)30-22(18-10-6-12-25-14-18)27-29-24(30)34-15-20(31)26-28-23(32)19-11-7-13-33-19/h5-14H,3-4,15H2,1-2H3,(H,26,31)(H,28,32). The Hall–Kier alpha value is -3.92. The van der Waals surface area contributed by atoms with Gasteiger partial charge in [-0.2, -0.15) is 0 Å². The quantitative estimate of drug-likeness (QED) is 0.295. The molecule has 0 saturated carbocycles. The van der Waals surface area contributed by atoms with Gasteiger partial charge < -0.3 is 4.42 Å². The van der Waals surface area contributed by atoms with Gasteiger partial charge in [-0.05, 0) is 48.2 Å². The van der Waals surface area contributed by atoms with E-state index in [1.54, 1.807) is 18.5 Å². The second-order valence-electron chi connectivity index (χ2n) is 7.28. The summed E-state index contributed by atoms with van der Waals surface area (Å²) in [6, 6.07) is 13.1. The van der Waals surface area contributed by atoms with Crippen molar-refractivity contribution in [3.05, 3.63) is 78.0 Å². The largest absolute Gasteiger partial charge is 0.459 e. The van der Waals surface area contributed by atoms with Crippen molar-refractivity contribution in [3.8, 4) is 17.1 Å². The number of furan rings is 1. The second-order valence-corrected chi connectivity index (χ2v) is 8.23. The number of hydrogen-bond acceptors (Lipinski definition) is 7. The number of hydrazine groups is 1. The van der Waals surface area contributed by atoms with Crippen LogP contribution in [0, 0.1) is 0 Å². The molecule has 0 saturated heterocycles. The van der Waals surface area contributed by atoms with E-state index in [4.69, 9.17) is 4.42 Å². The predicted octanol–water partition coefficient (Wildman–Crippen LogP) is 3.60. The van der Waals surface area contributed by atoms with E-state index >= 15 is 0 Å². The molecule has 0 aliphatic rings. The molecular formula is C24H24N6O3S. The maximum Gasteiger partial charge on any atom is 0.305 e. The lowest BCUT2D eigenvalue weighted by molar-refractivity contribution is -0.119. The van der Waals surface area contributed by atoms with Crippen LogP contribution >= 0.6 is 11.8 Å². The summed E-state index contributed by atoms with van der Waals surface area (Å²) >= 11 is 1.24. The summed E-state index contributed by atoms with van der Waals surface area (Å²) in [6.07, 6.45) is 6.50. The van der Waals surface area contributed by atoms with Crippen LogP contribution in [-0.4, -0.2) is 37.3 Å². The van der Waals surface area contributed by atoms with Crippen LogP contribution in [-0.2, 0) is 17.6 Å². The van der Waals surface area contributed by atoms with Crippen molar-refractivity contribution in [2.75, 3.05) is 5.75 Å². The van der Waals surface area contributed by atoms with Crippen LogP contribution in [0.3, 0.4) is 0 Å². The fraction of sp³-hybridized carbons (Fsp3) is 0.208. The van der Waals surface area contributed by atoms with Gasteiger partial charge in [-0.15, -0.1) is 10.2 Å². The van der Waals surface area contributed by atoms with Crippen molar-refractivity contribution in [3.63, 3.8) is 0 Å². The summed E-state index contributed by atoms with van der Waals surface area (Å²) in [7, 11) is 0. The normalized spacial score (nSPS) is 10.8. The molecule has 0 radical (unpaired) electrons. The Bertz CT molecular complexity index is 1250. The molecule has 0 spiro atoms. The number of carbonyl (C=O) groups is 2. The molecule has 2 amide bonds. The number of carbonyl (C=O) groups excluding carboxylic acids is 2. The summed E-state index contributed by atoms with van der Waals surface area (Å²) in [6.45, 7) is 4.21. The van der Waals surface area contributed by atoms with Crippen LogP contribution < -0.4 is 10.9 Å². The fourth-order valence-electron chi connectivity index (χ4n) is 3.51. The van der Waals surface area contributed by atoms with Crippen molar-refractivity contribution < 1.29 is 14.0 Å². The van der Waals surface area contributed by atoms with E-state index < -0.39 is 5.91 Å². The van der Waals surface area contributed by atoms with Gasteiger partial charge in [-0.25, -0.2) is 0 Å². The Morgan fingerprint density at radius 1 is 1.00 bits per heavy atom. The molecule has 0 fully saturated rings. The highest BCUT2D eigenvalue weighted by atomic mass is 32.2. The average molecular weight is 477 g/mol. The number of pyridine rings is 1. The molecule has 2 N–H and O–H groups in total. The van der Waals surface area contributed by atoms with Gasteiger partial charge in [0.2, 0.25) is 5.91 Å². The van der Waals surface area contributed by atoms with Gasteiger partial charge in [0.1, 0.15) is 0 Å². The third kappa shape index (κ3) is 5.01. The monoisotopic (exact) mass is 476 g/mol. The maximum absolute atomic E-state index is 12.4. The summed E-state index contributed by atoms with van der Waals surface area (Å²) in [4.78, 5) is 28.6. The number of hydrogen-bond donors (Lipinski definition) is 2. The molecule has 34 heavy (non-hydrogen) atoms. The van der Waals surface area contributed by atoms with Gasteiger partial charge in [-0.1, -0.05) is 43.8 Å². The Labute approximate surface area is 201 Å².